The lowest BCUT2D eigenvalue weighted by Gasteiger charge is -2.09. The maximum Gasteiger partial charge on any atom is 0.348 e. The molecule has 9 heteroatoms. The van der Waals surface area contributed by atoms with Crippen molar-refractivity contribution in [3.8, 4) is 11.8 Å². The first-order valence-electron chi connectivity index (χ1n) is 11.7. The molecule has 0 aliphatic heterocycles. The zero-order chi connectivity index (χ0) is 27.3. The van der Waals surface area contributed by atoms with E-state index < -0.39 is 17.7 Å². The number of aryl methyl sites for hydroxylation is 1. The van der Waals surface area contributed by atoms with E-state index in [-0.39, 0.29) is 35.6 Å². The van der Waals surface area contributed by atoms with Crippen LogP contribution in [-0.4, -0.2) is 35.5 Å². The third kappa shape index (κ3) is 6.09. The molecule has 7 nitrogen and oxygen atoms in total. The number of benzene rings is 1. The Bertz CT molecular complexity index is 1420. The summed E-state index contributed by atoms with van der Waals surface area (Å²) >= 11 is 4.46. The van der Waals surface area contributed by atoms with E-state index in [2.05, 4.69) is 15.9 Å². The highest BCUT2D eigenvalue weighted by Gasteiger charge is 2.28. The van der Waals surface area contributed by atoms with Crippen LogP contribution in [0.25, 0.3) is 11.8 Å². The smallest absolute Gasteiger partial charge is 0.348 e. The Kier molecular flexibility index (Phi) is 9.24. The number of ketones is 1. The van der Waals surface area contributed by atoms with Crippen molar-refractivity contribution in [2.24, 2.45) is 0 Å². The molecule has 3 aromatic rings. The molecule has 2 aromatic heterocycles. The van der Waals surface area contributed by atoms with Gasteiger partial charge >= 0.3 is 11.9 Å². The zero-order valence-corrected chi connectivity index (χ0v) is 23.7. The molecule has 0 fully saturated rings. The average Bonchev–Trinajstić information content (AvgIpc) is 3.33. The van der Waals surface area contributed by atoms with Gasteiger partial charge in [-0.3, -0.25) is 4.79 Å². The van der Waals surface area contributed by atoms with Crippen LogP contribution in [0.2, 0.25) is 0 Å². The zero-order valence-electron chi connectivity index (χ0n) is 21.3. The minimum absolute atomic E-state index is 0.0467. The van der Waals surface area contributed by atoms with Crippen molar-refractivity contribution in [3.63, 3.8) is 0 Å². The van der Waals surface area contributed by atoms with Crippen LogP contribution in [0, 0.1) is 32.1 Å². The molecule has 0 unspecified atom stereocenters. The second-order valence-corrected chi connectivity index (χ2v) is 10.2. The Morgan fingerprint density at radius 1 is 1.05 bits per heavy atom. The molecule has 0 saturated heterocycles. The van der Waals surface area contributed by atoms with Gasteiger partial charge in [-0.15, -0.1) is 11.3 Å². The van der Waals surface area contributed by atoms with E-state index in [1.165, 1.54) is 0 Å². The summed E-state index contributed by atoms with van der Waals surface area (Å²) < 4.78 is 13.3. The van der Waals surface area contributed by atoms with Gasteiger partial charge in [0.05, 0.1) is 24.4 Å². The van der Waals surface area contributed by atoms with Crippen LogP contribution in [0.1, 0.15) is 61.3 Å². The molecular formula is C28H27BrN2O5S. The van der Waals surface area contributed by atoms with E-state index in [0.29, 0.717) is 10.4 Å². The van der Waals surface area contributed by atoms with Gasteiger partial charge < -0.3 is 14.0 Å². The summed E-state index contributed by atoms with van der Waals surface area (Å²) in [5, 5.41) is 9.82. The number of hydrogen-bond acceptors (Lipinski definition) is 7. The normalized spacial score (nSPS) is 11.2. The summed E-state index contributed by atoms with van der Waals surface area (Å²) in [5.41, 5.74) is 4.07. The third-order valence-electron chi connectivity index (χ3n) is 5.76. The lowest BCUT2D eigenvalue weighted by molar-refractivity contribution is -0.114. The number of Topliss-reactive ketones (excluding diaryl/α,β-unsaturated/α-hetero) is 1. The first-order chi connectivity index (χ1) is 17.6. The third-order valence-corrected chi connectivity index (χ3v) is 7.56. The molecule has 0 atom stereocenters. The van der Waals surface area contributed by atoms with Gasteiger partial charge in [0.15, 0.2) is 5.78 Å². The Hall–Kier alpha value is -3.48. The molecule has 0 spiro atoms. The van der Waals surface area contributed by atoms with E-state index in [4.69, 9.17) is 9.47 Å². The van der Waals surface area contributed by atoms with Crippen LogP contribution in [0.4, 0.5) is 0 Å². The minimum Gasteiger partial charge on any atom is -0.462 e. The average molecular weight is 584 g/mol. The molecule has 0 amide bonds. The second-order valence-electron chi connectivity index (χ2n) is 8.20. The van der Waals surface area contributed by atoms with Crippen LogP contribution < -0.4 is 0 Å². The summed E-state index contributed by atoms with van der Waals surface area (Å²) in [5.74, 6) is -1.64. The van der Waals surface area contributed by atoms with Crippen LogP contribution >= 0.6 is 27.3 Å². The van der Waals surface area contributed by atoms with Crippen LogP contribution in [0.5, 0.6) is 0 Å². The van der Waals surface area contributed by atoms with Crippen molar-refractivity contribution in [3.05, 3.63) is 78.2 Å². The number of halogens is 1. The van der Waals surface area contributed by atoms with Crippen molar-refractivity contribution in [1.82, 2.24) is 4.57 Å². The van der Waals surface area contributed by atoms with Gasteiger partial charge in [-0.1, -0.05) is 15.9 Å². The van der Waals surface area contributed by atoms with Gasteiger partial charge in [0.1, 0.15) is 10.9 Å². The number of nitrogens with zero attached hydrogens (tertiary/aromatic N) is 2. The van der Waals surface area contributed by atoms with Crippen molar-refractivity contribution < 1.29 is 23.9 Å². The summed E-state index contributed by atoms with van der Waals surface area (Å²) in [6.45, 7) is 9.20. The van der Waals surface area contributed by atoms with Gasteiger partial charge in [-0.05, 0) is 82.2 Å². The first-order valence-corrected chi connectivity index (χ1v) is 13.3. The highest BCUT2D eigenvalue weighted by molar-refractivity contribution is 9.10. The maximum atomic E-state index is 13.2. The minimum atomic E-state index is -0.616. The molecule has 0 bridgehead atoms. The summed E-state index contributed by atoms with van der Waals surface area (Å²) in [6.07, 6.45) is 1.35. The fourth-order valence-corrected chi connectivity index (χ4v) is 5.50. The molecule has 37 heavy (non-hydrogen) atoms. The largest absolute Gasteiger partial charge is 0.462 e. The van der Waals surface area contributed by atoms with Crippen molar-refractivity contribution >= 4 is 51.1 Å². The Morgan fingerprint density at radius 2 is 1.68 bits per heavy atom. The molecule has 0 aliphatic carbocycles. The number of ether oxygens (including phenoxy) is 2. The topological polar surface area (TPSA) is 98.4 Å². The molecular weight excluding hydrogens is 556 g/mol. The number of allylic oxidation sites excluding steroid dienone is 1. The molecule has 0 radical (unpaired) electrons. The van der Waals surface area contributed by atoms with Gasteiger partial charge in [0.25, 0.3) is 0 Å². The highest BCUT2D eigenvalue weighted by Crippen LogP contribution is 2.31. The van der Waals surface area contributed by atoms with Crippen molar-refractivity contribution in [1.29, 1.82) is 5.26 Å². The van der Waals surface area contributed by atoms with E-state index in [0.717, 1.165) is 38.4 Å². The fourth-order valence-electron chi connectivity index (χ4n) is 4.05. The Balaban J connectivity index is 1.98. The second kappa shape index (κ2) is 12.2. The summed E-state index contributed by atoms with van der Waals surface area (Å²) in [7, 11) is 0. The van der Waals surface area contributed by atoms with Gasteiger partial charge in [0.2, 0.25) is 0 Å². The molecule has 3 rings (SSSR count). The molecule has 0 saturated carbocycles. The quantitative estimate of drug-likeness (QED) is 0.167. The number of rotatable bonds is 9. The number of nitriles is 1. The van der Waals surface area contributed by atoms with Gasteiger partial charge in [-0.2, -0.15) is 5.26 Å². The Labute approximate surface area is 228 Å². The first kappa shape index (κ1) is 28.1. The van der Waals surface area contributed by atoms with E-state index >= 15 is 0 Å². The number of carbonyl (C=O) groups excluding carboxylic acids is 3. The SMILES string of the molecule is CCOC(=O)c1sc(CC(=O)/C(C#N)=C/c2cc(C)n(-c3ccc(Br)cc3)c2C)c(C(=O)OCC)c1C. The lowest BCUT2D eigenvalue weighted by Crippen LogP contribution is -2.12. The monoisotopic (exact) mass is 582 g/mol. The van der Waals surface area contributed by atoms with Crippen LogP contribution in [0.15, 0.2) is 40.4 Å². The van der Waals surface area contributed by atoms with Gasteiger partial charge in [0, 0.05) is 32.8 Å². The summed E-state index contributed by atoms with van der Waals surface area (Å²) in [6, 6.07) is 11.8. The molecule has 2 heterocycles. The predicted molar refractivity (Wildman–Crippen MR) is 146 cm³/mol. The molecule has 1 aromatic carbocycles. The lowest BCUT2D eigenvalue weighted by atomic mass is 10.0. The maximum absolute atomic E-state index is 13.2. The summed E-state index contributed by atoms with van der Waals surface area (Å²) in [4.78, 5) is 38.9. The number of carbonyl (C=O) groups is 3. The molecule has 192 valence electrons. The van der Waals surface area contributed by atoms with E-state index in [1.807, 2.05) is 54.8 Å². The van der Waals surface area contributed by atoms with Crippen LogP contribution in [-0.2, 0) is 20.7 Å². The highest BCUT2D eigenvalue weighted by atomic mass is 79.9. The number of esters is 2. The number of thiophene rings is 1. The molecule has 0 aliphatic rings. The van der Waals surface area contributed by atoms with E-state index in [1.54, 1.807) is 26.8 Å². The Morgan fingerprint density at radius 3 is 2.27 bits per heavy atom. The van der Waals surface area contributed by atoms with Crippen LogP contribution in [0.3, 0.4) is 0 Å². The standard InChI is InChI=1S/C28H27BrN2O5S/c1-6-35-27(33)25-17(4)26(28(34)36-7-2)37-24(25)14-23(32)20(15-30)13-19-12-16(3)31(18(19)5)22-10-8-21(29)9-11-22/h8-13H,6-7,14H2,1-5H3/b20-13+. The van der Waals surface area contributed by atoms with E-state index in [9.17, 15) is 19.6 Å². The molecule has 0 N–H and O–H groups in total. The van der Waals surface area contributed by atoms with Crippen molar-refractivity contribution in [2.75, 3.05) is 13.2 Å². The number of aromatic nitrogens is 1. The van der Waals surface area contributed by atoms with Gasteiger partial charge in [-0.25, -0.2) is 9.59 Å². The predicted octanol–water partition coefficient (Wildman–Crippen LogP) is 6.30. The van der Waals surface area contributed by atoms with Crippen molar-refractivity contribution in [2.45, 2.75) is 41.0 Å². The number of hydrogen-bond donors (Lipinski definition) is 0. The fraction of sp³-hybridized carbons (Fsp3) is 0.286.